The molecule has 1 aromatic heterocycles. The van der Waals surface area contributed by atoms with Crippen molar-refractivity contribution in [3.63, 3.8) is 0 Å². The van der Waals surface area contributed by atoms with Crippen LogP contribution >= 0.6 is 11.3 Å². The number of nitrogens with zero attached hydrogens (tertiary/aromatic N) is 1. The molecule has 17 heavy (non-hydrogen) atoms. The number of hydrogen-bond acceptors (Lipinski definition) is 3. The molecule has 0 N–H and O–H groups in total. The molecule has 1 aliphatic carbocycles. The summed E-state index contributed by atoms with van der Waals surface area (Å²) in [5.41, 5.74) is 0.169. The fourth-order valence-corrected chi connectivity index (χ4v) is 3.83. The van der Waals surface area contributed by atoms with E-state index in [1.54, 1.807) is 4.57 Å². The van der Waals surface area contributed by atoms with Crippen LogP contribution < -0.4 is 4.87 Å². The molecular weight excluding hydrogens is 234 g/mol. The molecule has 4 heteroatoms. The first-order valence-corrected chi connectivity index (χ1v) is 7.47. The summed E-state index contributed by atoms with van der Waals surface area (Å²) in [6.07, 6.45) is 10.9. The van der Waals surface area contributed by atoms with Gasteiger partial charge in [-0.05, 0) is 25.7 Å². The zero-order chi connectivity index (χ0) is 11.7. The van der Waals surface area contributed by atoms with E-state index in [1.807, 2.05) is 11.6 Å². The van der Waals surface area contributed by atoms with Crippen LogP contribution in [0, 0.1) is 0 Å². The van der Waals surface area contributed by atoms with E-state index in [0.29, 0.717) is 0 Å². The van der Waals surface area contributed by atoms with Gasteiger partial charge in [-0.3, -0.25) is 4.79 Å². The van der Waals surface area contributed by atoms with Crippen molar-refractivity contribution in [1.82, 2.24) is 4.57 Å². The van der Waals surface area contributed by atoms with Crippen molar-refractivity contribution in [2.45, 2.75) is 63.2 Å². The minimum atomic E-state index is 0.137. The van der Waals surface area contributed by atoms with Gasteiger partial charge in [0.05, 0.1) is 18.2 Å². The lowest BCUT2D eigenvalue weighted by atomic mass is 9.83. The summed E-state index contributed by atoms with van der Waals surface area (Å²) < 4.78 is 8.05. The van der Waals surface area contributed by atoms with Crippen molar-refractivity contribution in [3.8, 4) is 0 Å². The number of aromatic nitrogens is 1. The van der Waals surface area contributed by atoms with Crippen LogP contribution in [-0.4, -0.2) is 16.3 Å². The Morgan fingerprint density at radius 3 is 2.88 bits per heavy atom. The lowest BCUT2D eigenvalue weighted by molar-refractivity contribution is -0.0681. The molecule has 1 aromatic rings. The minimum Gasteiger partial charge on any atom is -0.370 e. The normalized spacial score (nSPS) is 27.6. The molecular formula is C13H19NO2S. The largest absolute Gasteiger partial charge is 0.370 e. The van der Waals surface area contributed by atoms with Crippen LogP contribution in [-0.2, 0) is 11.3 Å². The lowest BCUT2D eigenvalue weighted by Gasteiger charge is -2.33. The van der Waals surface area contributed by atoms with Crippen LogP contribution in [0.15, 0.2) is 16.4 Å². The number of rotatable bonds is 2. The monoisotopic (exact) mass is 253 g/mol. The summed E-state index contributed by atoms with van der Waals surface area (Å²) in [7, 11) is 0. The topological polar surface area (TPSA) is 31.2 Å². The molecule has 3 rings (SSSR count). The van der Waals surface area contributed by atoms with Crippen molar-refractivity contribution < 1.29 is 4.74 Å². The fraction of sp³-hybridized carbons (Fsp3) is 0.769. The van der Waals surface area contributed by atoms with Gasteiger partial charge in [0, 0.05) is 11.6 Å². The number of thiazole rings is 1. The Hall–Kier alpha value is -0.610. The molecule has 0 amide bonds. The lowest BCUT2D eigenvalue weighted by Crippen LogP contribution is -2.33. The third-order valence-corrected chi connectivity index (χ3v) is 4.84. The molecule has 1 spiro atoms. The van der Waals surface area contributed by atoms with E-state index >= 15 is 0 Å². The summed E-state index contributed by atoms with van der Waals surface area (Å²) >= 11 is 1.27. The van der Waals surface area contributed by atoms with Gasteiger partial charge in [0.1, 0.15) is 0 Å². The van der Waals surface area contributed by atoms with Crippen molar-refractivity contribution in [3.05, 3.63) is 21.2 Å². The van der Waals surface area contributed by atoms with Gasteiger partial charge in [0.15, 0.2) is 0 Å². The third-order valence-electron chi connectivity index (χ3n) is 4.15. The Kier molecular flexibility index (Phi) is 3.09. The zero-order valence-electron chi connectivity index (χ0n) is 10.1. The second kappa shape index (κ2) is 4.58. The van der Waals surface area contributed by atoms with E-state index in [9.17, 15) is 4.79 Å². The third kappa shape index (κ3) is 2.33. The highest BCUT2D eigenvalue weighted by Crippen LogP contribution is 2.42. The molecule has 0 bridgehead atoms. The standard InChI is InChI=1S/C13H19NO2S/c15-12-14(8-9-17-12)10-11-4-7-13(16-11)5-2-1-3-6-13/h8-9,11H,1-7,10H2. The van der Waals surface area contributed by atoms with Crippen molar-refractivity contribution in [2.24, 2.45) is 0 Å². The highest BCUT2D eigenvalue weighted by Gasteiger charge is 2.40. The molecule has 1 saturated heterocycles. The first-order chi connectivity index (χ1) is 8.27. The maximum atomic E-state index is 11.5. The molecule has 2 heterocycles. The maximum absolute atomic E-state index is 11.5. The first kappa shape index (κ1) is 11.5. The van der Waals surface area contributed by atoms with Gasteiger partial charge in [0.2, 0.25) is 0 Å². The Morgan fingerprint density at radius 2 is 2.18 bits per heavy atom. The number of hydrogen-bond donors (Lipinski definition) is 0. The molecule has 1 aliphatic heterocycles. The van der Waals surface area contributed by atoms with E-state index in [0.717, 1.165) is 13.0 Å². The molecule has 1 saturated carbocycles. The predicted octanol–water partition coefficient (Wildman–Crippen LogP) is 2.79. The van der Waals surface area contributed by atoms with Crippen LogP contribution in [0.3, 0.4) is 0 Å². The Bertz CT molecular complexity index is 431. The number of ether oxygens (including phenoxy) is 1. The smallest absolute Gasteiger partial charge is 0.307 e. The summed E-state index contributed by atoms with van der Waals surface area (Å²) in [5.74, 6) is 0. The molecule has 0 aromatic carbocycles. The Morgan fingerprint density at radius 1 is 1.35 bits per heavy atom. The average Bonchev–Trinajstić information content (AvgIpc) is 2.90. The quantitative estimate of drug-likeness (QED) is 0.811. The van der Waals surface area contributed by atoms with Crippen molar-refractivity contribution in [1.29, 1.82) is 0 Å². The van der Waals surface area contributed by atoms with Crippen LogP contribution in [0.2, 0.25) is 0 Å². The summed E-state index contributed by atoms with van der Waals surface area (Å²) in [6, 6.07) is 0. The summed E-state index contributed by atoms with van der Waals surface area (Å²) in [6.45, 7) is 0.740. The van der Waals surface area contributed by atoms with Crippen LogP contribution in [0.1, 0.15) is 44.9 Å². The minimum absolute atomic E-state index is 0.137. The van der Waals surface area contributed by atoms with Gasteiger partial charge in [-0.15, -0.1) is 0 Å². The van der Waals surface area contributed by atoms with Gasteiger partial charge in [-0.25, -0.2) is 0 Å². The second-order valence-electron chi connectivity index (χ2n) is 5.34. The first-order valence-electron chi connectivity index (χ1n) is 6.59. The molecule has 0 radical (unpaired) electrons. The highest BCUT2D eigenvalue weighted by molar-refractivity contribution is 7.07. The van der Waals surface area contributed by atoms with E-state index in [4.69, 9.17) is 4.74 Å². The van der Waals surface area contributed by atoms with E-state index in [-0.39, 0.29) is 16.6 Å². The summed E-state index contributed by atoms with van der Waals surface area (Å²) in [4.78, 5) is 11.6. The van der Waals surface area contributed by atoms with Crippen molar-refractivity contribution in [2.75, 3.05) is 0 Å². The Labute approximate surface area is 105 Å². The molecule has 2 aliphatic rings. The van der Waals surface area contributed by atoms with E-state index in [1.165, 1.54) is 49.9 Å². The second-order valence-corrected chi connectivity index (χ2v) is 6.20. The van der Waals surface area contributed by atoms with Crippen LogP contribution in [0.5, 0.6) is 0 Å². The van der Waals surface area contributed by atoms with E-state index in [2.05, 4.69) is 0 Å². The molecule has 1 atom stereocenters. The molecule has 2 fully saturated rings. The van der Waals surface area contributed by atoms with Gasteiger partial charge in [-0.2, -0.15) is 0 Å². The van der Waals surface area contributed by atoms with Gasteiger partial charge >= 0.3 is 4.87 Å². The highest BCUT2D eigenvalue weighted by atomic mass is 32.1. The Balaban J connectivity index is 1.64. The average molecular weight is 253 g/mol. The predicted molar refractivity (Wildman–Crippen MR) is 68.5 cm³/mol. The van der Waals surface area contributed by atoms with Gasteiger partial charge in [-0.1, -0.05) is 30.6 Å². The van der Waals surface area contributed by atoms with E-state index < -0.39 is 0 Å². The van der Waals surface area contributed by atoms with Crippen LogP contribution in [0.25, 0.3) is 0 Å². The molecule has 3 nitrogen and oxygen atoms in total. The SMILES string of the molecule is O=c1sccn1CC1CCC2(CCCCC2)O1. The van der Waals surface area contributed by atoms with Crippen LogP contribution in [0.4, 0.5) is 0 Å². The van der Waals surface area contributed by atoms with Gasteiger partial charge < -0.3 is 9.30 Å². The molecule has 94 valence electrons. The van der Waals surface area contributed by atoms with Crippen molar-refractivity contribution >= 4 is 11.3 Å². The maximum Gasteiger partial charge on any atom is 0.307 e. The van der Waals surface area contributed by atoms with Gasteiger partial charge in [0.25, 0.3) is 0 Å². The fourth-order valence-electron chi connectivity index (χ4n) is 3.23. The summed E-state index contributed by atoms with van der Waals surface area (Å²) in [5, 5.41) is 1.85. The molecule has 1 unspecified atom stereocenters. The zero-order valence-corrected chi connectivity index (χ0v) is 10.9.